The largest absolute Gasteiger partial charge is 0.479 e. The Morgan fingerprint density at radius 2 is 2.07 bits per heavy atom. The van der Waals surface area contributed by atoms with Crippen LogP contribution in [0, 0.1) is 10.5 Å². The highest BCUT2D eigenvalue weighted by atomic mass is 127. The van der Waals surface area contributed by atoms with Crippen molar-refractivity contribution in [2.75, 3.05) is 0 Å². The van der Waals surface area contributed by atoms with E-state index in [0.717, 1.165) is 3.57 Å². The van der Waals surface area contributed by atoms with Gasteiger partial charge in [0.15, 0.2) is 6.10 Å². The van der Waals surface area contributed by atoms with Gasteiger partial charge in [0.05, 0.1) is 0 Å². The molecule has 75 valence electrons. The molecule has 14 heavy (non-hydrogen) atoms. The summed E-state index contributed by atoms with van der Waals surface area (Å²) >= 11 is 2.17. The van der Waals surface area contributed by atoms with Gasteiger partial charge in [-0.05, 0) is 60.2 Å². The molecule has 0 bridgehead atoms. The number of benzene rings is 1. The minimum absolute atomic E-state index is 0.210. The van der Waals surface area contributed by atoms with E-state index in [-0.39, 0.29) is 6.42 Å². The lowest BCUT2D eigenvalue weighted by atomic mass is 10.3. The topological polar surface area (TPSA) is 46.5 Å². The Morgan fingerprint density at radius 3 is 2.50 bits per heavy atom. The molecule has 1 aromatic rings. The first kappa shape index (κ1) is 11.3. The van der Waals surface area contributed by atoms with Crippen LogP contribution in [0.2, 0.25) is 0 Å². The molecule has 3 nitrogen and oxygen atoms in total. The third kappa shape index (κ3) is 3.17. The molecule has 0 amide bonds. The summed E-state index contributed by atoms with van der Waals surface area (Å²) in [6.07, 6.45) is -0.656. The second-order valence-electron chi connectivity index (χ2n) is 2.69. The fourth-order valence-electron chi connectivity index (χ4n) is 0.910. The van der Waals surface area contributed by atoms with Crippen molar-refractivity contribution in [2.24, 2.45) is 0 Å². The summed E-state index contributed by atoms with van der Waals surface area (Å²) in [5.74, 6) is -0.431. The molecule has 0 fully saturated rings. The van der Waals surface area contributed by atoms with Crippen molar-refractivity contribution in [1.82, 2.24) is 0 Å². The molecule has 0 aliphatic rings. The zero-order chi connectivity index (χ0) is 10.6. The van der Waals surface area contributed by atoms with E-state index in [1.54, 1.807) is 12.1 Å². The monoisotopic (exact) mass is 305 g/mol. The molecule has 0 aliphatic heterocycles. The van der Waals surface area contributed by atoms with E-state index in [1.165, 1.54) is 0 Å². The van der Waals surface area contributed by atoms with Crippen LogP contribution < -0.4 is 4.74 Å². The number of ether oxygens (including phenoxy) is 1. The highest BCUT2D eigenvalue weighted by Gasteiger charge is 2.16. The summed E-state index contributed by atoms with van der Waals surface area (Å²) in [5.41, 5.74) is 0. The number of halogens is 1. The lowest BCUT2D eigenvalue weighted by molar-refractivity contribution is -0.144. The van der Waals surface area contributed by atoms with Crippen LogP contribution in [0.4, 0.5) is 0 Å². The van der Waals surface area contributed by atoms with E-state index >= 15 is 0 Å². The van der Waals surface area contributed by atoms with Crippen LogP contribution in [-0.4, -0.2) is 17.2 Å². The first-order valence-electron chi connectivity index (χ1n) is 4.07. The van der Waals surface area contributed by atoms with Crippen LogP contribution >= 0.6 is 22.6 Å². The molecule has 1 aromatic carbocycles. The lowest BCUT2D eigenvalue weighted by Gasteiger charge is -2.12. The Balaban J connectivity index is 2.67. The Morgan fingerprint density at radius 1 is 1.50 bits per heavy atom. The van der Waals surface area contributed by atoms with Crippen molar-refractivity contribution in [2.45, 2.75) is 12.5 Å². The van der Waals surface area contributed by atoms with E-state index < -0.39 is 12.1 Å². The van der Waals surface area contributed by atoms with Crippen molar-refractivity contribution in [3.63, 3.8) is 0 Å². The minimum Gasteiger partial charge on any atom is -0.479 e. The molecule has 0 aromatic heterocycles. The summed E-state index contributed by atoms with van der Waals surface area (Å²) in [5, 5.41) is 8.72. The average molecular weight is 305 g/mol. The van der Waals surface area contributed by atoms with Gasteiger partial charge >= 0.3 is 5.97 Å². The van der Waals surface area contributed by atoms with Crippen LogP contribution in [0.1, 0.15) is 6.42 Å². The third-order valence-corrected chi connectivity index (χ3v) is 2.35. The van der Waals surface area contributed by atoms with Crippen LogP contribution in [0.5, 0.6) is 5.75 Å². The first-order valence-corrected chi connectivity index (χ1v) is 5.15. The van der Waals surface area contributed by atoms with Crippen LogP contribution in [0.15, 0.2) is 24.3 Å². The maximum Gasteiger partial charge on any atom is 0.344 e. The number of carboxylic acid groups (broad SMARTS) is 1. The number of hydrogen-bond acceptors (Lipinski definition) is 2. The molecule has 0 heterocycles. The molecule has 0 aliphatic carbocycles. The third-order valence-electron chi connectivity index (χ3n) is 1.63. The van der Waals surface area contributed by atoms with Crippen LogP contribution in [0.3, 0.4) is 0 Å². The van der Waals surface area contributed by atoms with Gasteiger partial charge in [-0.1, -0.05) is 0 Å². The number of carboxylic acids is 1. The Labute approximate surface area is 96.2 Å². The van der Waals surface area contributed by atoms with Gasteiger partial charge in [0.25, 0.3) is 0 Å². The van der Waals surface area contributed by atoms with Crippen molar-refractivity contribution in [3.05, 3.63) is 34.8 Å². The van der Waals surface area contributed by atoms with Gasteiger partial charge in [-0.3, -0.25) is 0 Å². The quantitative estimate of drug-likeness (QED) is 0.869. The highest BCUT2D eigenvalue weighted by molar-refractivity contribution is 14.1. The summed E-state index contributed by atoms with van der Waals surface area (Å²) in [7, 11) is 0. The van der Waals surface area contributed by atoms with Crippen molar-refractivity contribution in [1.29, 1.82) is 0 Å². The molecule has 1 atom stereocenters. The van der Waals surface area contributed by atoms with E-state index in [0.29, 0.717) is 5.75 Å². The fourth-order valence-corrected chi connectivity index (χ4v) is 1.27. The number of rotatable bonds is 4. The lowest BCUT2D eigenvalue weighted by Crippen LogP contribution is -2.25. The predicted octanol–water partition coefficient (Wildman–Crippen LogP) is 2.35. The van der Waals surface area contributed by atoms with Gasteiger partial charge in [-0.2, -0.15) is 0 Å². The van der Waals surface area contributed by atoms with Gasteiger partial charge in [-0.15, -0.1) is 0 Å². The van der Waals surface area contributed by atoms with Crippen LogP contribution in [0.25, 0.3) is 0 Å². The van der Waals surface area contributed by atoms with Gasteiger partial charge in [0.1, 0.15) is 5.75 Å². The Bertz CT molecular complexity index is 308. The summed E-state index contributed by atoms with van der Waals surface area (Å²) in [4.78, 5) is 10.6. The number of aliphatic carboxylic acids is 1. The van der Waals surface area contributed by atoms with Crippen molar-refractivity contribution < 1.29 is 14.6 Å². The molecule has 0 spiro atoms. The van der Waals surface area contributed by atoms with Gasteiger partial charge in [-0.25, -0.2) is 4.79 Å². The summed E-state index contributed by atoms with van der Waals surface area (Å²) in [6, 6.07) is 7.20. The van der Waals surface area contributed by atoms with Crippen molar-refractivity contribution in [3.8, 4) is 5.75 Å². The number of hydrogen-bond donors (Lipinski definition) is 1. The average Bonchev–Trinajstić information content (AvgIpc) is 2.16. The van der Waals surface area contributed by atoms with E-state index in [1.807, 2.05) is 12.1 Å². The standard InChI is InChI=1S/C10H10IO3/c1-2-9(10(12)13)14-8-5-3-7(11)4-6-8/h3-6,9H,1-2H2,(H,12,13). The highest BCUT2D eigenvalue weighted by Crippen LogP contribution is 2.15. The summed E-state index contributed by atoms with van der Waals surface area (Å²) in [6.45, 7) is 3.51. The molecule has 1 unspecified atom stereocenters. The van der Waals surface area contributed by atoms with E-state index in [2.05, 4.69) is 29.5 Å². The van der Waals surface area contributed by atoms with Gasteiger partial charge < -0.3 is 9.84 Å². The Hall–Kier alpha value is -0.780. The van der Waals surface area contributed by atoms with E-state index in [9.17, 15) is 4.79 Å². The molecule has 1 N–H and O–H groups in total. The SMILES string of the molecule is [CH2]CC(Oc1ccc(I)cc1)C(=O)O. The second kappa shape index (κ2) is 5.19. The Kier molecular flexibility index (Phi) is 4.19. The molecular weight excluding hydrogens is 295 g/mol. The molecule has 4 heteroatoms. The molecule has 1 rings (SSSR count). The maximum atomic E-state index is 10.6. The maximum absolute atomic E-state index is 10.6. The predicted molar refractivity (Wildman–Crippen MR) is 61.2 cm³/mol. The van der Waals surface area contributed by atoms with E-state index in [4.69, 9.17) is 9.84 Å². The first-order chi connectivity index (χ1) is 6.63. The second-order valence-corrected chi connectivity index (χ2v) is 3.93. The molecular formula is C10H10IO3. The zero-order valence-corrected chi connectivity index (χ0v) is 9.60. The normalized spacial score (nSPS) is 12.1. The van der Waals surface area contributed by atoms with Crippen molar-refractivity contribution >= 4 is 28.6 Å². The van der Waals surface area contributed by atoms with Crippen LogP contribution in [-0.2, 0) is 4.79 Å². The van der Waals surface area contributed by atoms with Gasteiger partial charge in [0, 0.05) is 3.57 Å². The number of carbonyl (C=O) groups is 1. The smallest absolute Gasteiger partial charge is 0.344 e. The molecule has 1 radical (unpaired) electrons. The molecule has 0 saturated carbocycles. The zero-order valence-electron chi connectivity index (χ0n) is 7.44. The van der Waals surface area contributed by atoms with Gasteiger partial charge in [0.2, 0.25) is 0 Å². The molecule has 0 saturated heterocycles. The minimum atomic E-state index is -0.987. The summed E-state index contributed by atoms with van der Waals surface area (Å²) < 4.78 is 6.29. The fraction of sp³-hybridized carbons (Fsp3) is 0.200.